The lowest BCUT2D eigenvalue weighted by molar-refractivity contribution is -0.138. The van der Waals surface area contributed by atoms with Gasteiger partial charge < -0.3 is 18.9 Å². The molecule has 4 aromatic rings. The van der Waals surface area contributed by atoms with Gasteiger partial charge in [-0.15, -0.1) is 0 Å². The van der Waals surface area contributed by atoms with E-state index >= 15 is 0 Å². The Morgan fingerprint density at radius 3 is 2.56 bits per heavy atom. The van der Waals surface area contributed by atoms with E-state index in [-0.39, 0.29) is 12.5 Å². The first-order valence-corrected chi connectivity index (χ1v) is 10.5. The van der Waals surface area contributed by atoms with E-state index in [0.29, 0.717) is 23.9 Å². The summed E-state index contributed by atoms with van der Waals surface area (Å²) < 4.78 is 16.7. The van der Waals surface area contributed by atoms with E-state index in [0.717, 1.165) is 22.1 Å². The Hall–Kier alpha value is -3.87. The third kappa shape index (κ3) is 4.56. The molecule has 7 heteroatoms. The van der Waals surface area contributed by atoms with Crippen molar-refractivity contribution in [1.29, 1.82) is 0 Å². The SMILES string of the molecule is CC[C@@H](Oc1cccc2ccccc12)C(=O)N(C)Cc1nc(-c2ccc(OC)cc2)no1. The van der Waals surface area contributed by atoms with Gasteiger partial charge in [0.05, 0.1) is 13.7 Å². The molecule has 0 radical (unpaired) electrons. The second-order valence-corrected chi connectivity index (χ2v) is 7.43. The Balaban J connectivity index is 1.44. The Morgan fingerprint density at radius 2 is 1.81 bits per heavy atom. The first kappa shape index (κ1) is 21.4. The van der Waals surface area contributed by atoms with Crippen molar-refractivity contribution in [1.82, 2.24) is 15.0 Å². The summed E-state index contributed by atoms with van der Waals surface area (Å²) >= 11 is 0. The summed E-state index contributed by atoms with van der Waals surface area (Å²) in [6, 6.07) is 21.2. The van der Waals surface area contributed by atoms with Gasteiger partial charge in [-0.2, -0.15) is 4.98 Å². The van der Waals surface area contributed by atoms with Crippen LogP contribution in [0.1, 0.15) is 19.2 Å². The number of likely N-dealkylation sites (N-methyl/N-ethyl adjacent to an activating group) is 1. The Bertz CT molecular complexity index is 1200. The molecule has 0 N–H and O–H groups in total. The van der Waals surface area contributed by atoms with Gasteiger partial charge in [0.15, 0.2) is 6.10 Å². The predicted octanol–water partition coefficient (Wildman–Crippen LogP) is 4.71. The summed E-state index contributed by atoms with van der Waals surface area (Å²) in [5.41, 5.74) is 0.806. The van der Waals surface area contributed by atoms with Gasteiger partial charge in [-0.1, -0.05) is 48.5 Å². The highest BCUT2D eigenvalue weighted by Crippen LogP contribution is 2.27. The number of benzene rings is 3. The molecule has 1 amide bonds. The maximum atomic E-state index is 13.1. The van der Waals surface area contributed by atoms with Crippen LogP contribution in [-0.2, 0) is 11.3 Å². The van der Waals surface area contributed by atoms with E-state index in [1.807, 2.05) is 73.7 Å². The normalized spacial score (nSPS) is 11.8. The standard InChI is InChI=1S/C25H25N3O4/c1-4-21(31-22-11-7-9-17-8-5-6-10-20(17)22)25(29)28(2)16-23-26-24(27-32-23)18-12-14-19(30-3)15-13-18/h5-15,21H,4,16H2,1-3H3/t21-/m1/s1. The van der Waals surface area contributed by atoms with E-state index < -0.39 is 6.10 Å². The largest absolute Gasteiger partial charge is 0.497 e. The van der Waals surface area contributed by atoms with Crippen LogP contribution >= 0.6 is 0 Å². The van der Waals surface area contributed by atoms with Gasteiger partial charge in [0, 0.05) is 18.0 Å². The maximum absolute atomic E-state index is 13.1. The molecule has 0 saturated heterocycles. The number of rotatable bonds is 8. The number of hydrogen-bond acceptors (Lipinski definition) is 6. The van der Waals surface area contributed by atoms with Gasteiger partial charge in [-0.25, -0.2) is 0 Å². The molecule has 164 valence electrons. The van der Waals surface area contributed by atoms with E-state index in [4.69, 9.17) is 14.0 Å². The summed E-state index contributed by atoms with van der Waals surface area (Å²) in [6.45, 7) is 2.12. The van der Waals surface area contributed by atoms with Crippen LogP contribution in [0.3, 0.4) is 0 Å². The average molecular weight is 431 g/mol. The second kappa shape index (κ2) is 9.51. The fourth-order valence-electron chi connectivity index (χ4n) is 3.46. The number of ether oxygens (including phenoxy) is 2. The number of hydrogen-bond donors (Lipinski definition) is 0. The Morgan fingerprint density at radius 1 is 1.06 bits per heavy atom. The van der Waals surface area contributed by atoms with E-state index in [9.17, 15) is 4.79 Å². The lowest BCUT2D eigenvalue weighted by Crippen LogP contribution is -2.39. The number of carbonyl (C=O) groups is 1. The van der Waals surface area contributed by atoms with Gasteiger partial charge in [0.1, 0.15) is 11.5 Å². The molecule has 0 aliphatic rings. The molecule has 0 aliphatic carbocycles. The third-order valence-corrected chi connectivity index (χ3v) is 5.23. The molecule has 32 heavy (non-hydrogen) atoms. The van der Waals surface area contributed by atoms with Crippen LogP contribution in [-0.4, -0.2) is 41.2 Å². The van der Waals surface area contributed by atoms with Crippen LogP contribution in [0, 0.1) is 0 Å². The molecule has 4 rings (SSSR count). The highest BCUT2D eigenvalue weighted by molar-refractivity contribution is 5.89. The van der Waals surface area contributed by atoms with Crippen LogP contribution in [0.5, 0.6) is 11.5 Å². The molecule has 7 nitrogen and oxygen atoms in total. The number of methoxy groups -OCH3 is 1. The lowest BCUT2D eigenvalue weighted by atomic mass is 10.1. The van der Waals surface area contributed by atoms with Crippen LogP contribution in [0.2, 0.25) is 0 Å². The van der Waals surface area contributed by atoms with Crippen molar-refractivity contribution in [2.45, 2.75) is 26.0 Å². The summed E-state index contributed by atoms with van der Waals surface area (Å²) in [7, 11) is 3.32. The fraction of sp³-hybridized carbons (Fsp3) is 0.240. The highest BCUT2D eigenvalue weighted by atomic mass is 16.5. The van der Waals surface area contributed by atoms with Gasteiger partial charge in [-0.3, -0.25) is 4.79 Å². The molecule has 0 aliphatic heterocycles. The number of carbonyl (C=O) groups excluding carboxylic acids is 1. The number of aromatic nitrogens is 2. The quantitative estimate of drug-likeness (QED) is 0.402. The van der Waals surface area contributed by atoms with Crippen molar-refractivity contribution in [3.8, 4) is 22.9 Å². The predicted molar refractivity (Wildman–Crippen MR) is 121 cm³/mol. The van der Waals surface area contributed by atoms with Gasteiger partial charge >= 0.3 is 0 Å². The molecular formula is C25H25N3O4. The highest BCUT2D eigenvalue weighted by Gasteiger charge is 2.24. The van der Waals surface area contributed by atoms with Crippen LogP contribution < -0.4 is 9.47 Å². The second-order valence-electron chi connectivity index (χ2n) is 7.43. The van der Waals surface area contributed by atoms with Crippen molar-refractivity contribution >= 4 is 16.7 Å². The van der Waals surface area contributed by atoms with Gasteiger partial charge in [-0.05, 0) is 42.1 Å². The van der Waals surface area contributed by atoms with Crippen molar-refractivity contribution < 1.29 is 18.8 Å². The van der Waals surface area contributed by atoms with E-state index in [1.165, 1.54) is 0 Å². The summed E-state index contributed by atoms with van der Waals surface area (Å²) in [4.78, 5) is 19.0. The molecular weight excluding hydrogens is 406 g/mol. The van der Waals surface area contributed by atoms with E-state index in [2.05, 4.69) is 10.1 Å². The third-order valence-electron chi connectivity index (χ3n) is 5.23. The number of amides is 1. The Kier molecular flexibility index (Phi) is 6.35. The minimum atomic E-state index is -0.616. The van der Waals surface area contributed by atoms with Gasteiger partial charge in [0.2, 0.25) is 11.7 Å². The average Bonchev–Trinajstić information content (AvgIpc) is 3.30. The molecule has 1 aromatic heterocycles. The van der Waals surface area contributed by atoms with Gasteiger partial charge in [0.25, 0.3) is 5.91 Å². The first-order valence-electron chi connectivity index (χ1n) is 10.5. The van der Waals surface area contributed by atoms with Crippen molar-refractivity contribution in [3.05, 3.63) is 72.6 Å². The number of nitrogens with zero attached hydrogens (tertiary/aromatic N) is 3. The molecule has 3 aromatic carbocycles. The summed E-state index contributed by atoms with van der Waals surface area (Å²) in [6.07, 6.45) is -0.0809. The van der Waals surface area contributed by atoms with Crippen LogP contribution in [0.15, 0.2) is 71.3 Å². The minimum Gasteiger partial charge on any atom is -0.497 e. The molecule has 0 fully saturated rings. The zero-order valence-corrected chi connectivity index (χ0v) is 18.3. The summed E-state index contributed by atoms with van der Waals surface area (Å²) in [5, 5.41) is 6.07. The molecule has 0 saturated carbocycles. The monoisotopic (exact) mass is 431 g/mol. The molecule has 0 spiro atoms. The molecule has 1 heterocycles. The topological polar surface area (TPSA) is 77.7 Å². The zero-order valence-electron chi connectivity index (χ0n) is 18.3. The summed E-state index contributed by atoms with van der Waals surface area (Å²) in [5.74, 6) is 2.11. The fourth-order valence-corrected chi connectivity index (χ4v) is 3.46. The lowest BCUT2D eigenvalue weighted by Gasteiger charge is -2.23. The van der Waals surface area contributed by atoms with Crippen LogP contribution in [0.25, 0.3) is 22.2 Å². The zero-order chi connectivity index (χ0) is 22.5. The minimum absolute atomic E-state index is 0.148. The van der Waals surface area contributed by atoms with E-state index in [1.54, 1.807) is 19.1 Å². The van der Waals surface area contributed by atoms with Crippen LogP contribution in [0.4, 0.5) is 0 Å². The number of fused-ring (bicyclic) bond motifs is 1. The molecule has 0 unspecified atom stereocenters. The van der Waals surface area contributed by atoms with Crippen molar-refractivity contribution in [2.24, 2.45) is 0 Å². The Labute approximate surface area is 186 Å². The van der Waals surface area contributed by atoms with Crippen molar-refractivity contribution in [2.75, 3.05) is 14.2 Å². The molecule has 0 bridgehead atoms. The smallest absolute Gasteiger partial charge is 0.263 e. The first-order chi connectivity index (χ1) is 15.6. The van der Waals surface area contributed by atoms with Crippen molar-refractivity contribution in [3.63, 3.8) is 0 Å². The maximum Gasteiger partial charge on any atom is 0.263 e. The molecule has 1 atom stereocenters.